The summed E-state index contributed by atoms with van der Waals surface area (Å²) >= 11 is 24.1. The normalized spacial score (nSPS) is 13.0. The minimum atomic E-state index is -1.59. The maximum absolute atomic E-state index is 6.11. The Bertz CT molecular complexity index is 1820. The molecule has 0 amide bonds. The fraction of sp³-hybridized carbons (Fsp3) is 0.462. The van der Waals surface area contributed by atoms with Gasteiger partial charge in [-0.3, -0.25) is 0 Å². The van der Waals surface area contributed by atoms with Crippen LogP contribution >= 0.6 is 0 Å². The van der Waals surface area contributed by atoms with Gasteiger partial charge in [-0.2, -0.15) is 19.6 Å². The number of hydrogen-bond donors (Lipinski definition) is 0. The van der Waals surface area contributed by atoms with E-state index in [1.165, 1.54) is 94.0 Å². The second-order valence-electron chi connectivity index (χ2n) is 16.9. The van der Waals surface area contributed by atoms with E-state index in [0.29, 0.717) is 0 Å². The third kappa shape index (κ3) is 12.1. The van der Waals surface area contributed by atoms with Crippen molar-refractivity contribution < 1.29 is 16.5 Å². The van der Waals surface area contributed by atoms with Gasteiger partial charge in [0.05, 0.1) is 32.3 Å². The van der Waals surface area contributed by atoms with E-state index in [9.17, 15) is 0 Å². The molecule has 0 fully saturated rings. The number of rotatable bonds is 20. The van der Waals surface area contributed by atoms with Crippen LogP contribution in [0.1, 0.15) is 105 Å². The van der Waals surface area contributed by atoms with Gasteiger partial charge >= 0.3 is 0 Å². The number of hydrogen-bond acceptors (Lipinski definition) is 4. The standard InChI is InChI=1S/2C26H40S2Si2.Ni/c2*1-7-29(8-2,9-3)22-18-19-24(30(10-4,11-5)12-6)23(20-22)26(28)25(27)21-16-14-13-15-17-21;/h2*13-20,27-28H,7-12H2,1-6H3;/p-4/b2*26-25-;. The molecule has 0 heterocycles. The van der Waals surface area contributed by atoms with Crippen LogP contribution < -0.4 is 20.7 Å². The van der Waals surface area contributed by atoms with Gasteiger partial charge < -0.3 is 50.5 Å². The predicted octanol–water partition coefficient (Wildman–Crippen LogP) is 14.1. The molecular weight excluding hydrogens is 924 g/mol. The average molecular weight is 1000 g/mol. The molecule has 0 spiro atoms. The van der Waals surface area contributed by atoms with Crippen molar-refractivity contribution in [3.8, 4) is 0 Å². The van der Waals surface area contributed by atoms with Crippen molar-refractivity contribution in [3.05, 3.63) is 119 Å². The van der Waals surface area contributed by atoms with Gasteiger partial charge in [0.15, 0.2) is 0 Å². The monoisotopic (exact) mass is 998 g/mol. The van der Waals surface area contributed by atoms with Crippen LogP contribution in [0.25, 0.3) is 19.6 Å². The molecule has 0 nitrogen and oxygen atoms in total. The topological polar surface area (TPSA) is 0 Å². The summed E-state index contributed by atoms with van der Waals surface area (Å²) in [7, 11) is -6.15. The zero-order valence-corrected chi connectivity index (χ0v) is 47.9. The van der Waals surface area contributed by atoms with Gasteiger partial charge in [0.1, 0.15) is 0 Å². The van der Waals surface area contributed by atoms with Gasteiger partial charge in [-0.15, -0.1) is 0 Å². The van der Waals surface area contributed by atoms with Crippen molar-refractivity contribution in [1.29, 1.82) is 0 Å². The summed E-state index contributed by atoms with van der Waals surface area (Å²) in [6, 6.07) is 50.7. The first-order valence-electron chi connectivity index (χ1n) is 23.3. The van der Waals surface area contributed by atoms with Crippen molar-refractivity contribution in [2.45, 2.75) is 156 Å². The molecule has 0 unspecified atom stereocenters. The van der Waals surface area contributed by atoms with Crippen molar-refractivity contribution in [3.63, 3.8) is 0 Å². The van der Waals surface area contributed by atoms with Gasteiger partial charge in [0.2, 0.25) is 0 Å². The van der Waals surface area contributed by atoms with Gasteiger partial charge in [0, 0.05) is 16.5 Å². The Labute approximate surface area is 411 Å². The van der Waals surface area contributed by atoms with Crippen LogP contribution in [0.4, 0.5) is 0 Å². The molecule has 0 aliphatic heterocycles. The summed E-state index contributed by atoms with van der Waals surface area (Å²) in [4.78, 5) is 3.41. The van der Waals surface area contributed by atoms with E-state index in [1.54, 1.807) is 10.4 Å². The third-order valence-electron chi connectivity index (χ3n) is 15.5. The van der Waals surface area contributed by atoms with Gasteiger partial charge in [0.25, 0.3) is 0 Å². The van der Waals surface area contributed by atoms with Gasteiger partial charge in [-0.05, 0) is 22.3 Å². The van der Waals surface area contributed by atoms with E-state index >= 15 is 0 Å². The van der Waals surface area contributed by atoms with E-state index in [2.05, 4.69) is 144 Å². The second kappa shape index (κ2) is 25.9. The Kier molecular flexibility index (Phi) is 23.7. The molecule has 0 bridgehead atoms. The minimum absolute atomic E-state index is 0. The molecule has 0 radical (unpaired) electrons. The van der Waals surface area contributed by atoms with Crippen LogP contribution in [0.2, 0.25) is 72.5 Å². The summed E-state index contributed by atoms with van der Waals surface area (Å²) in [5.41, 5.74) is 4.69. The summed E-state index contributed by atoms with van der Waals surface area (Å²) in [5.74, 6) is 0. The molecular formula is C52H76NiS4Si4-4. The summed E-state index contributed by atoms with van der Waals surface area (Å²) in [6.07, 6.45) is 0. The summed E-state index contributed by atoms with van der Waals surface area (Å²) < 4.78 is 0. The number of benzene rings is 4. The van der Waals surface area contributed by atoms with E-state index in [4.69, 9.17) is 50.5 Å². The Balaban J connectivity index is 0.000000413. The Hall–Kier alpha value is -1.40. The van der Waals surface area contributed by atoms with Crippen LogP contribution in [0, 0.1) is 0 Å². The predicted molar refractivity (Wildman–Crippen MR) is 296 cm³/mol. The van der Waals surface area contributed by atoms with E-state index < -0.39 is 32.3 Å². The maximum Gasteiger partial charge on any atom is 0.0866 e. The van der Waals surface area contributed by atoms with Crippen LogP contribution in [0.3, 0.4) is 0 Å². The van der Waals surface area contributed by atoms with Crippen LogP contribution in [0.5, 0.6) is 0 Å². The van der Waals surface area contributed by atoms with Gasteiger partial charge in [-0.1, -0.05) is 273 Å². The molecule has 0 N–H and O–H groups in total. The van der Waals surface area contributed by atoms with E-state index in [1.807, 2.05) is 36.4 Å². The van der Waals surface area contributed by atoms with Crippen LogP contribution in [0.15, 0.2) is 97.1 Å². The molecule has 0 aliphatic carbocycles. The summed E-state index contributed by atoms with van der Waals surface area (Å²) in [5, 5.41) is 6.21. The van der Waals surface area contributed by atoms with Crippen molar-refractivity contribution in [1.82, 2.24) is 0 Å². The molecule has 4 aromatic rings. The smallest absolute Gasteiger partial charge is 0.0866 e. The van der Waals surface area contributed by atoms with Crippen molar-refractivity contribution in [2.24, 2.45) is 0 Å². The molecule has 9 heteroatoms. The zero-order valence-electron chi connectivity index (χ0n) is 39.7. The largest absolute Gasteiger partial charge is 0.781 e. The Morgan fingerprint density at radius 2 is 0.574 bits per heavy atom. The Morgan fingerprint density at radius 1 is 0.328 bits per heavy atom. The molecule has 0 aromatic heterocycles. The molecule has 61 heavy (non-hydrogen) atoms. The molecule has 0 saturated carbocycles. The molecule has 0 atom stereocenters. The van der Waals surface area contributed by atoms with E-state index in [-0.39, 0.29) is 16.5 Å². The quantitative estimate of drug-likeness (QED) is 0.0491. The average Bonchev–Trinajstić information content (AvgIpc) is 3.32. The first kappa shape index (κ1) is 55.7. The molecule has 4 rings (SSSR count). The van der Waals surface area contributed by atoms with Crippen LogP contribution in [-0.2, 0) is 67.0 Å². The minimum Gasteiger partial charge on any atom is -0.781 e. The third-order valence-corrected chi connectivity index (χ3v) is 40.0. The zero-order chi connectivity index (χ0) is 44.7. The fourth-order valence-electron chi connectivity index (χ4n) is 10.1. The molecule has 4 aromatic carbocycles. The fourth-order valence-corrected chi connectivity index (χ4v) is 26.3. The van der Waals surface area contributed by atoms with E-state index in [0.717, 1.165) is 30.7 Å². The molecule has 0 aliphatic rings. The van der Waals surface area contributed by atoms with Gasteiger partial charge in [-0.25, -0.2) is 0 Å². The van der Waals surface area contributed by atoms with Crippen molar-refractivity contribution >= 4 is 123 Å². The Morgan fingerprint density at radius 3 is 0.803 bits per heavy atom. The SMILES string of the molecule is CC[Si](CC)(CC)c1ccc([Si](CC)(CC)CC)c(/C([S-])=C(/[S-])c2ccccc2)c1.CC[Si](CC)(CC)c1ccc([Si](CC)(CC)CC)c(/C([S-])=C(/[S-])c2ccccc2)c1.[Ni]. The van der Waals surface area contributed by atoms with Crippen molar-refractivity contribution in [2.75, 3.05) is 0 Å². The maximum atomic E-state index is 6.11. The van der Waals surface area contributed by atoms with Crippen LogP contribution in [-0.4, -0.2) is 32.3 Å². The first-order chi connectivity index (χ1) is 28.8. The summed E-state index contributed by atoms with van der Waals surface area (Å²) in [6.45, 7) is 28.5. The molecule has 0 saturated heterocycles. The second-order valence-corrected chi connectivity index (χ2v) is 39.5. The molecule has 338 valence electrons. The first-order valence-corrected chi connectivity index (χ1v) is 35.5.